The molecule has 0 saturated heterocycles. The van der Waals surface area contributed by atoms with Crippen LogP contribution in [-0.4, -0.2) is 52.3 Å². The summed E-state index contributed by atoms with van der Waals surface area (Å²) in [7, 11) is 5.36. The summed E-state index contributed by atoms with van der Waals surface area (Å²) in [4.78, 5) is 55.0. The molecule has 0 amide bonds. The van der Waals surface area contributed by atoms with Gasteiger partial charge in [-0.25, -0.2) is 9.59 Å². The van der Waals surface area contributed by atoms with Crippen molar-refractivity contribution in [2.24, 2.45) is 58.2 Å². The van der Waals surface area contributed by atoms with E-state index < -0.39 is 46.5 Å². The van der Waals surface area contributed by atoms with Crippen molar-refractivity contribution in [1.82, 2.24) is 0 Å². The maximum absolute atomic E-state index is 14.1. The number of fused-ring (bicyclic) bond motifs is 1. The van der Waals surface area contributed by atoms with Crippen LogP contribution < -0.4 is 0 Å². The van der Waals surface area contributed by atoms with E-state index in [0.717, 1.165) is 22.3 Å². The van der Waals surface area contributed by atoms with Gasteiger partial charge in [0.25, 0.3) is 0 Å². The highest BCUT2D eigenvalue weighted by atomic mass is 16.5. The van der Waals surface area contributed by atoms with E-state index in [2.05, 4.69) is 26.0 Å². The highest BCUT2D eigenvalue weighted by molar-refractivity contribution is 6.14. The second kappa shape index (κ2) is 10.5. The quantitative estimate of drug-likeness (QED) is 0.248. The van der Waals surface area contributed by atoms with Gasteiger partial charge in [-0.2, -0.15) is 0 Å². The van der Waals surface area contributed by atoms with Crippen molar-refractivity contribution in [3.05, 3.63) is 95.1 Å². The minimum atomic E-state index is -1.01. The summed E-state index contributed by atoms with van der Waals surface area (Å²) in [5.41, 5.74) is 2.36. The minimum Gasteiger partial charge on any atom is -0.469 e. The number of carbonyl (C=O) groups excluding carboxylic acids is 4. The number of ether oxygens (including phenoxy) is 4. The van der Waals surface area contributed by atoms with Crippen LogP contribution in [0.1, 0.15) is 25.0 Å². The molecule has 10 atom stereocenters. The number of benzene rings is 2. The number of carbonyl (C=O) groups is 4. The monoisotopic (exact) mass is 622 g/mol. The van der Waals surface area contributed by atoms with E-state index in [1.807, 2.05) is 60.7 Å². The van der Waals surface area contributed by atoms with Crippen molar-refractivity contribution in [2.75, 3.05) is 28.4 Å². The molecule has 0 aliphatic heterocycles. The zero-order valence-corrected chi connectivity index (χ0v) is 26.8. The van der Waals surface area contributed by atoms with E-state index in [1.54, 1.807) is 0 Å². The Morgan fingerprint density at radius 3 is 1.20 bits per heavy atom. The lowest BCUT2D eigenvalue weighted by Gasteiger charge is -2.76. The first kappa shape index (κ1) is 30.2. The molecule has 7 aliphatic rings. The van der Waals surface area contributed by atoms with Crippen LogP contribution in [0.3, 0.4) is 0 Å². The predicted octanol–water partition coefficient (Wildman–Crippen LogP) is 5.15. The van der Waals surface area contributed by atoms with Crippen molar-refractivity contribution < 1.29 is 38.1 Å². The van der Waals surface area contributed by atoms with E-state index in [1.165, 1.54) is 28.4 Å². The minimum absolute atomic E-state index is 0.0794. The summed E-state index contributed by atoms with van der Waals surface area (Å²) in [5, 5.41) is 0. The summed E-state index contributed by atoms with van der Waals surface area (Å²) in [6, 6.07) is 20.0. The fourth-order valence-corrected chi connectivity index (χ4v) is 10.8. The average molecular weight is 623 g/mol. The van der Waals surface area contributed by atoms with E-state index in [9.17, 15) is 19.2 Å². The Kier molecular flexibility index (Phi) is 6.92. The second-order valence-corrected chi connectivity index (χ2v) is 13.5. The van der Waals surface area contributed by atoms with E-state index >= 15 is 0 Å². The highest BCUT2D eigenvalue weighted by Crippen LogP contribution is 2.83. The fraction of sp³-hybridized carbons (Fsp3) is 0.421. The largest absolute Gasteiger partial charge is 0.469 e. The Bertz CT molecular complexity index is 1610. The third kappa shape index (κ3) is 3.55. The Balaban J connectivity index is 1.59. The molecule has 0 heterocycles. The Morgan fingerprint density at radius 2 is 0.891 bits per heavy atom. The molecule has 2 aromatic carbocycles. The van der Waals surface area contributed by atoms with Crippen LogP contribution in [0.4, 0.5) is 0 Å². The Labute approximate surface area is 268 Å². The zero-order valence-electron chi connectivity index (χ0n) is 26.8. The summed E-state index contributed by atoms with van der Waals surface area (Å²) < 4.78 is 21.5. The van der Waals surface area contributed by atoms with Crippen molar-refractivity contribution in [1.29, 1.82) is 0 Å². The molecule has 2 fully saturated rings. The van der Waals surface area contributed by atoms with E-state index in [4.69, 9.17) is 18.9 Å². The third-order valence-electron chi connectivity index (χ3n) is 12.1. The maximum atomic E-state index is 14.1. The van der Waals surface area contributed by atoms with Gasteiger partial charge < -0.3 is 18.9 Å². The number of allylic oxidation sites excluding steroid dienone is 4. The average Bonchev–Trinajstić information content (AvgIpc) is 3.07. The maximum Gasteiger partial charge on any atom is 0.335 e. The van der Waals surface area contributed by atoms with Crippen LogP contribution in [0.15, 0.2) is 84.0 Å². The SMILES string of the molecule is COC(=O)C1=C(C(=O)OC)C2(C)C(c3ccccc3)=C(c3ccccc3)C1(C)C1C3C4C=CC(C(C(=O)OC)C4C(=O)OC)C3C12. The van der Waals surface area contributed by atoms with Crippen LogP contribution in [0.5, 0.6) is 0 Å². The summed E-state index contributed by atoms with van der Waals surface area (Å²) in [6.07, 6.45) is 4.12. The van der Waals surface area contributed by atoms with E-state index in [-0.39, 0.29) is 35.5 Å². The fourth-order valence-electron chi connectivity index (χ4n) is 10.8. The highest BCUT2D eigenvalue weighted by Gasteiger charge is 2.79. The normalized spacial score (nSPS) is 36.3. The molecule has 8 nitrogen and oxygen atoms in total. The molecule has 9 rings (SSSR count). The van der Waals surface area contributed by atoms with Crippen molar-refractivity contribution in [3.8, 4) is 0 Å². The van der Waals surface area contributed by atoms with Gasteiger partial charge in [-0.1, -0.05) is 86.7 Å². The van der Waals surface area contributed by atoms with Gasteiger partial charge in [0, 0.05) is 10.8 Å². The van der Waals surface area contributed by atoms with E-state index in [0.29, 0.717) is 11.1 Å². The van der Waals surface area contributed by atoms with Crippen molar-refractivity contribution in [2.45, 2.75) is 13.8 Å². The van der Waals surface area contributed by atoms with Crippen molar-refractivity contribution >= 4 is 35.0 Å². The van der Waals surface area contributed by atoms with Crippen LogP contribution >= 0.6 is 0 Å². The van der Waals surface area contributed by atoms with Crippen LogP contribution in [-0.2, 0) is 38.1 Å². The first-order valence-corrected chi connectivity index (χ1v) is 15.7. The lowest BCUT2D eigenvalue weighted by molar-refractivity contribution is -0.222. The first-order valence-electron chi connectivity index (χ1n) is 15.7. The number of hydrogen-bond donors (Lipinski definition) is 0. The topological polar surface area (TPSA) is 105 Å². The molecule has 2 aromatic rings. The van der Waals surface area contributed by atoms with Crippen LogP contribution in [0.25, 0.3) is 11.1 Å². The molecule has 8 heteroatoms. The lowest BCUT2D eigenvalue weighted by atomic mass is 9.25. The van der Waals surface area contributed by atoms with Gasteiger partial charge in [0.15, 0.2) is 0 Å². The summed E-state index contributed by atoms with van der Waals surface area (Å²) in [5.74, 6) is -4.66. The van der Waals surface area contributed by atoms with Gasteiger partial charge in [0.05, 0.1) is 51.4 Å². The second-order valence-electron chi connectivity index (χ2n) is 13.5. The number of esters is 4. The Morgan fingerprint density at radius 1 is 0.543 bits per heavy atom. The van der Waals surface area contributed by atoms with Crippen LogP contribution in [0.2, 0.25) is 0 Å². The molecule has 4 bridgehead atoms. The Hall–Kier alpha value is -4.46. The first-order chi connectivity index (χ1) is 22.1. The zero-order chi connectivity index (χ0) is 32.7. The lowest BCUT2D eigenvalue weighted by Crippen LogP contribution is -2.74. The van der Waals surface area contributed by atoms with Gasteiger partial charge in [0.2, 0.25) is 0 Å². The summed E-state index contributed by atoms with van der Waals surface area (Å²) in [6.45, 7) is 4.11. The van der Waals surface area contributed by atoms with Crippen molar-refractivity contribution in [3.63, 3.8) is 0 Å². The number of methoxy groups -OCH3 is 4. The number of rotatable bonds is 6. The van der Waals surface area contributed by atoms with Gasteiger partial charge in [-0.05, 0) is 57.8 Å². The number of hydrogen-bond acceptors (Lipinski definition) is 8. The molecule has 46 heavy (non-hydrogen) atoms. The molecule has 0 radical (unpaired) electrons. The van der Waals surface area contributed by atoms with Gasteiger partial charge in [-0.3, -0.25) is 9.59 Å². The molecular formula is C38H38O8. The van der Waals surface area contributed by atoms with Gasteiger partial charge >= 0.3 is 23.9 Å². The standard InChI is InChI=1S/C38H38O8/c1-37-27(19-13-9-7-10-14-19)28(20-15-11-8-12-16-20)38(2,32(36(42)46-6)31(37)35(41)45-5)30-24-22-18-17-21(23(24)29(30)37)25(33(39)43-3)26(22)34(40)44-4/h7-18,21-26,29-30H,1-6H3. The molecule has 0 N–H and O–H groups in total. The molecule has 2 saturated carbocycles. The van der Waals surface area contributed by atoms with Crippen LogP contribution in [0, 0.1) is 58.2 Å². The smallest absolute Gasteiger partial charge is 0.335 e. The molecular weight excluding hydrogens is 584 g/mol. The van der Waals surface area contributed by atoms with Gasteiger partial charge in [-0.15, -0.1) is 0 Å². The third-order valence-corrected chi connectivity index (χ3v) is 12.1. The molecule has 0 spiro atoms. The molecule has 238 valence electrons. The summed E-state index contributed by atoms with van der Waals surface area (Å²) >= 11 is 0. The molecule has 10 unspecified atom stereocenters. The van der Waals surface area contributed by atoms with Gasteiger partial charge in [0.1, 0.15) is 0 Å². The molecule has 0 aromatic heterocycles. The molecule has 7 aliphatic carbocycles. The predicted molar refractivity (Wildman–Crippen MR) is 168 cm³/mol.